The van der Waals surface area contributed by atoms with Gasteiger partial charge >= 0.3 is 6.18 Å². The molecule has 0 heterocycles. The Bertz CT molecular complexity index is 1330. The summed E-state index contributed by atoms with van der Waals surface area (Å²) in [5, 5.41) is 2.63. The number of rotatable bonds is 7. The van der Waals surface area contributed by atoms with Crippen molar-refractivity contribution in [1.29, 1.82) is 0 Å². The van der Waals surface area contributed by atoms with Crippen LogP contribution >= 0.6 is 11.6 Å². The summed E-state index contributed by atoms with van der Waals surface area (Å²) in [5.41, 5.74) is 1.32. The maximum Gasteiger partial charge on any atom is 0.416 e. The summed E-state index contributed by atoms with van der Waals surface area (Å²) in [6, 6.07) is 12.8. The number of halogens is 4. The minimum Gasteiger partial charge on any atom is -0.482 e. The second kappa shape index (κ2) is 9.94. The molecule has 3 rings (SSSR count). The van der Waals surface area contributed by atoms with E-state index >= 15 is 0 Å². The summed E-state index contributed by atoms with van der Waals surface area (Å²) < 4.78 is 71.3. The number of hydrogen-bond donors (Lipinski definition) is 2. The third-order valence-corrected chi connectivity index (χ3v) is 6.57. The molecule has 0 atom stereocenters. The molecule has 0 aromatic heterocycles. The Morgan fingerprint density at radius 1 is 1.03 bits per heavy atom. The predicted octanol–water partition coefficient (Wildman–Crippen LogP) is 5.79. The third-order valence-electron chi connectivity index (χ3n) is 4.89. The van der Waals surface area contributed by atoms with Gasteiger partial charge < -0.3 is 10.1 Å². The van der Waals surface area contributed by atoms with Gasteiger partial charge in [0.15, 0.2) is 6.61 Å². The summed E-state index contributed by atoms with van der Waals surface area (Å²) >= 11 is 6.12. The average molecular weight is 513 g/mol. The van der Waals surface area contributed by atoms with Crippen molar-refractivity contribution < 1.29 is 31.1 Å². The quantitative estimate of drug-likeness (QED) is 0.419. The van der Waals surface area contributed by atoms with E-state index in [-0.39, 0.29) is 28.0 Å². The number of anilines is 2. The van der Waals surface area contributed by atoms with Crippen molar-refractivity contribution in [3.8, 4) is 5.75 Å². The van der Waals surface area contributed by atoms with Crippen LogP contribution in [0.2, 0.25) is 5.02 Å². The Labute approximate surface area is 199 Å². The summed E-state index contributed by atoms with van der Waals surface area (Å²) in [4.78, 5) is 11.9. The van der Waals surface area contributed by atoms with E-state index in [0.29, 0.717) is 11.8 Å². The Balaban J connectivity index is 1.68. The summed E-state index contributed by atoms with van der Waals surface area (Å²) in [7, 11) is -4.23. The number of alkyl halides is 3. The smallest absolute Gasteiger partial charge is 0.416 e. The number of carbonyl (C=O) groups is 1. The SMILES string of the molecule is Cc1cccc(NC(=O)COc2ccc(S(=O)(=O)Nc3cccc(C(F)(F)F)c3)cc2Cl)c1C. The van der Waals surface area contributed by atoms with Gasteiger partial charge in [-0.15, -0.1) is 0 Å². The molecule has 0 saturated heterocycles. The van der Waals surface area contributed by atoms with Crippen LogP contribution in [0.1, 0.15) is 16.7 Å². The fourth-order valence-corrected chi connectivity index (χ4v) is 4.33. The highest BCUT2D eigenvalue weighted by molar-refractivity contribution is 7.92. The monoisotopic (exact) mass is 512 g/mol. The lowest BCUT2D eigenvalue weighted by atomic mass is 10.1. The van der Waals surface area contributed by atoms with E-state index in [1.165, 1.54) is 18.2 Å². The summed E-state index contributed by atoms with van der Waals surface area (Å²) in [5.74, 6) is -0.372. The molecule has 1 amide bonds. The highest BCUT2D eigenvalue weighted by atomic mass is 35.5. The maximum absolute atomic E-state index is 12.9. The molecule has 6 nitrogen and oxygen atoms in total. The van der Waals surface area contributed by atoms with Crippen molar-refractivity contribution in [2.45, 2.75) is 24.9 Å². The molecular formula is C23H20ClF3N2O4S. The van der Waals surface area contributed by atoms with Gasteiger partial charge in [-0.3, -0.25) is 9.52 Å². The van der Waals surface area contributed by atoms with Crippen LogP contribution in [0.4, 0.5) is 24.5 Å². The highest BCUT2D eigenvalue weighted by Crippen LogP contribution is 2.32. The first-order valence-corrected chi connectivity index (χ1v) is 11.7. The topological polar surface area (TPSA) is 84.5 Å². The molecule has 0 saturated carbocycles. The first-order valence-electron chi connectivity index (χ1n) is 9.85. The van der Waals surface area contributed by atoms with E-state index < -0.39 is 27.7 Å². The lowest BCUT2D eigenvalue weighted by Crippen LogP contribution is -2.21. The predicted molar refractivity (Wildman–Crippen MR) is 124 cm³/mol. The van der Waals surface area contributed by atoms with Crippen LogP contribution in [-0.4, -0.2) is 20.9 Å². The summed E-state index contributed by atoms with van der Waals surface area (Å²) in [6.07, 6.45) is -4.62. The number of benzene rings is 3. The van der Waals surface area contributed by atoms with E-state index in [1.54, 1.807) is 6.07 Å². The van der Waals surface area contributed by atoms with Gasteiger partial charge in [0, 0.05) is 11.4 Å². The van der Waals surface area contributed by atoms with Crippen LogP contribution in [0.5, 0.6) is 5.75 Å². The normalized spacial score (nSPS) is 11.7. The first kappa shape index (κ1) is 25.4. The molecule has 2 N–H and O–H groups in total. The molecule has 0 bridgehead atoms. The number of sulfonamides is 1. The number of hydrogen-bond acceptors (Lipinski definition) is 4. The van der Waals surface area contributed by atoms with E-state index in [2.05, 4.69) is 10.0 Å². The van der Waals surface area contributed by atoms with E-state index in [0.717, 1.165) is 29.3 Å². The molecule has 34 heavy (non-hydrogen) atoms. The maximum atomic E-state index is 12.9. The molecule has 3 aromatic rings. The lowest BCUT2D eigenvalue weighted by molar-refractivity contribution is -0.137. The van der Waals surface area contributed by atoms with Crippen LogP contribution < -0.4 is 14.8 Å². The molecule has 0 unspecified atom stereocenters. The zero-order valence-corrected chi connectivity index (χ0v) is 19.6. The molecule has 0 radical (unpaired) electrons. The Morgan fingerprint density at radius 3 is 2.41 bits per heavy atom. The molecule has 0 fully saturated rings. The fourth-order valence-electron chi connectivity index (χ4n) is 2.95. The number of carbonyl (C=O) groups excluding carboxylic acids is 1. The third kappa shape index (κ3) is 6.21. The largest absolute Gasteiger partial charge is 0.482 e. The van der Waals surface area contributed by atoms with E-state index in [4.69, 9.17) is 16.3 Å². The van der Waals surface area contributed by atoms with Gasteiger partial charge in [-0.05, 0) is 67.4 Å². The van der Waals surface area contributed by atoms with Crippen LogP contribution in [0.3, 0.4) is 0 Å². The van der Waals surface area contributed by atoms with Gasteiger partial charge in [-0.2, -0.15) is 13.2 Å². The van der Waals surface area contributed by atoms with Crippen molar-refractivity contribution in [3.05, 3.63) is 82.4 Å². The number of ether oxygens (including phenoxy) is 1. The summed E-state index contributed by atoms with van der Waals surface area (Å²) in [6.45, 7) is 3.41. The van der Waals surface area contributed by atoms with E-state index in [9.17, 15) is 26.4 Å². The molecular weight excluding hydrogens is 493 g/mol. The van der Waals surface area contributed by atoms with Crippen LogP contribution in [0.25, 0.3) is 0 Å². The van der Waals surface area contributed by atoms with E-state index in [1.807, 2.05) is 26.0 Å². The van der Waals surface area contributed by atoms with Gasteiger partial charge in [0.2, 0.25) is 0 Å². The first-order chi connectivity index (χ1) is 15.9. The standard InChI is InChI=1S/C23H20ClF3N2O4S/c1-14-5-3-8-20(15(14)2)28-22(30)13-33-21-10-9-18(12-19(21)24)34(31,32)29-17-7-4-6-16(11-17)23(25,26)27/h3-12,29H,13H2,1-2H3,(H,28,30). The number of aryl methyl sites for hydroxylation is 1. The minimum absolute atomic E-state index is 0.0656. The average Bonchev–Trinajstić information content (AvgIpc) is 2.75. The Morgan fingerprint density at radius 2 is 1.74 bits per heavy atom. The number of amides is 1. The number of nitrogens with one attached hydrogen (secondary N) is 2. The molecule has 11 heteroatoms. The Kier molecular flexibility index (Phi) is 7.42. The molecule has 0 aliphatic rings. The van der Waals surface area contributed by atoms with Crippen LogP contribution in [-0.2, 0) is 21.0 Å². The van der Waals surface area contributed by atoms with Gasteiger partial charge in [-0.25, -0.2) is 8.42 Å². The molecule has 0 aliphatic carbocycles. The zero-order chi connectivity index (χ0) is 25.1. The zero-order valence-electron chi connectivity index (χ0n) is 18.0. The second-order valence-electron chi connectivity index (χ2n) is 7.36. The van der Waals surface area contributed by atoms with Crippen molar-refractivity contribution in [2.75, 3.05) is 16.6 Å². The van der Waals surface area contributed by atoms with Crippen molar-refractivity contribution in [2.24, 2.45) is 0 Å². The molecule has 0 aliphatic heterocycles. The minimum atomic E-state index is -4.62. The lowest BCUT2D eigenvalue weighted by Gasteiger charge is -2.13. The van der Waals surface area contributed by atoms with Gasteiger partial charge in [0.05, 0.1) is 15.5 Å². The molecule has 3 aromatic carbocycles. The molecule has 180 valence electrons. The van der Waals surface area contributed by atoms with Crippen LogP contribution in [0.15, 0.2) is 65.6 Å². The Hall–Kier alpha value is -3.24. The molecule has 0 spiro atoms. The fraction of sp³-hybridized carbons (Fsp3) is 0.174. The van der Waals surface area contributed by atoms with Gasteiger partial charge in [0.25, 0.3) is 15.9 Å². The highest BCUT2D eigenvalue weighted by Gasteiger charge is 2.30. The van der Waals surface area contributed by atoms with Crippen LogP contribution in [0, 0.1) is 13.8 Å². The van der Waals surface area contributed by atoms with Gasteiger partial charge in [-0.1, -0.05) is 29.8 Å². The van der Waals surface area contributed by atoms with Crippen molar-refractivity contribution in [3.63, 3.8) is 0 Å². The van der Waals surface area contributed by atoms with Crippen molar-refractivity contribution >= 4 is 38.9 Å². The second-order valence-corrected chi connectivity index (χ2v) is 9.45. The van der Waals surface area contributed by atoms with Crippen molar-refractivity contribution in [1.82, 2.24) is 0 Å². The van der Waals surface area contributed by atoms with Gasteiger partial charge in [0.1, 0.15) is 5.75 Å².